The predicted molar refractivity (Wildman–Crippen MR) is 124 cm³/mol. The van der Waals surface area contributed by atoms with Crippen LogP contribution in [0.15, 0.2) is 77.7 Å². The van der Waals surface area contributed by atoms with Crippen LogP contribution in [-0.4, -0.2) is 41.6 Å². The molecule has 0 bridgehead atoms. The zero-order valence-corrected chi connectivity index (χ0v) is 19.4. The number of benzene rings is 3. The van der Waals surface area contributed by atoms with Gasteiger partial charge in [0.1, 0.15) is 0 Å². The van der Waals surface area contributed by atoms with Gasteiger partial charge in [0.25, 0.3) is 15.9 Å². The Morgan fingerprint density at radius 2 is 1.68 bits per heavy atom. The molecule has 0 atom stereocenters. The number of hydrogen-bond acceptors (Lipinski definition) is 5. The zero-order valence-electron chi connectivity index (χ0n) is 18.6. The third kappa shape index (κ3) is 6.02. The Morgan fingerprint density at radius 3 is 2.29 bits per heavy atom. The average Bonchev–Trinajstić information content (AvgIpc) is 2.84. The van der Waals surface area contributed by atoms with Crippen molar-refractivity contribution >= 4 is 21.6 Å². The van der Waals surface area contributed by atoms with E-state index in [0.717, 1.165) is 5.56 Å². The number of carbonyl (C=O) groups excluding carboxylic acids is 1. The van der Waals surface area contributed by atoms with Crippen LogP contribution in [0.3, 0.4) is 0 Å². The van der Waals surface area contributed by atoms with E-state index < -0.39 is 16.6 Å². The molecule has 180 valence electrons. The van der Waals surface area contributed by atoms with Gasteiger partial charge in [0.05, 0.1) is 17.7 Å². The molecule has 0 heterocycles. The lowest BCUT2D eigenvalue weighted by Crippen LogP contribution is -2.27. The Labute approximate surface area is 197 Å². The molecule has 10 heteroatoms. The molecule has 34 heavy (non-hydrogen) atoms. The number of halogens is 2. The Morgan fingerprint density at radius 1 is 1.00 bits per heavy atom. The highest BCUT2D eigenvalue weighted by atomic mass is 32.2. The number of sulfonamides is 1. The molecular formula is C24H24F2N2O5S. The minimum absolute atomic E-state index is 0.0635. The number of alkyl halides is 2. The molecule has 3 aromatic rings. The third-order valence-corrected chi connectivity index (χ3v) is 6.84. The van der Waals surface area contributed by atoms with Gasteiger partial charge in [-0.15, -0.1) is 0 Å². The molecule has 0 radical (unpaired) electrons. The fraction of sp³-hybridized carbons (Fsp3) is 0.208. The highest BCUT2D eigenvalue weighted by molar-refractivity contribution is 7.92. The molecule has 0 saturated carbocycles. The molecule has 1 amide bonds. The van der Waals surface area contributed by atoms with E-state index in [9.17, 15) is 22.0 Å². The van der Waals surface area contributed by atoms with Crippen LogP contribution in [0.1, 0.15) is 15.9 Å². The van der Waals surface area contributed by atoms with E-state index in [-0.39, 0.29) is 28.8 Å². The summed E-state index contributed by atoms with van der Waals surface area (Å²) in [4.78, 5) is 12.5. The second-order valence-corrected chi connectivity index (χ2v) is 9.17. The lowest BCUT2D eigenvalue weighted by Gasteiger charge is -2.19. The van der Waals surface area contributed by atoms with Gasteiger partial charge in [-0.05, 0) is 60.5 Å². The van der Waals surface area contributed by atoms with Crippen molar-refractivity contribution in [3.8, 4) is 11.5 Å². The summed E-state index contributed by atoms with van der Waals surface area (Å²) < 4.78 is 61.2. The number of rotatable bonds is 10. The quantitative estimate of drug-likeness (QED) is 0.463. The van der Waals surface area contributed by atoms with Crippen LogP contribution in [0.5, 0.6) is 11.5 Å². The highest BCUT2D eigenvalue weighted by Gasteiger charge is 2.21. The van der Waals surface area contributed by atoms with E-state index in [1.807, 2.05) is 0 Å². The number of methoxy groups -OCH3 is 1. The average molecular weight is 491 g/mol. The van der Waals surface area contributed by atoms with Gasteiger partial charge < -0.3 is 14.8 Å². The first-order valence-electron chi connectivity index (χ1n) is 10.3. The molecular weight excluding hydrogens is 466 g/mol. The van der Waals surface area contributed by atoms with Gasteiger partial charge in [-0.3, -0.25) is 9.10 Å². The number of hydrogen-bond donors (Lipinski definition) is 1. The lowest BCUT2D eigenvalue weighted by molar-refractivity contribution is -0.0512. The maximum absolute atomic E-state index is 12.8. The predicted octanol–water partition coefficient (Wildman–Crippen LogP) is 4.09. The summed E-state index contributed by atoms with van der Waals surface area (Å²) in [5, 5.41) is 2.75. The Hall–Kier alpha value is -3.66. The van der Waals surface area contributed by atoms with Crippen LogP contribution in [0.2, 0.25) is 0 Å². The number of nitrogens with one attached hydrogen (secondary N) is 1. The molecule has 3 aromatic carbocycles. The van der Waals surface area contributed by atoms with Crippen molar-refractivity contribution in [2.45, 2.75) is 17.9 Å². The van der Waals surface area contributed by atoms with Crippen LogP contribution in [0, 0.1) is 0 Å². The van der Waals surface area contributed by atoms with Crippen LogP contribution >= 0.6 is 0 Å². The molecule has 1 N–H and O–H groups in total. The van der Waals surface area contributed by atoms with Gasteiger partial charge in [-0.1, -0.05) is 24.3 Å². The largest absolute Gasteiger partial charge is 0.493 e. The third-order valence-electron chi connectivity index (χ3n) is 5.04. The molecule has 0 aliphatic heterocycles. The standard InChI is InChI=1S/C24H24F2N2O5S/c1-28(19-6-4-3-5-7-19)34(30,31)20-11-9-18(10-12-20)23(29)27-15-14-17-8-13-21(33-24(25)26)22(16-17)32-2/h3-13,16,24H,14-15H2,1-2H3,(H,27,29). The summed E-state index contributed by atoms with van der Waals surface area (Å²) in [5.74, 6) is -0.274. The van der Waals surface area contributed by atoms with Crippen molar-refractivity contribution < 1.29 is 31.5 Å². The van der Waals surface area contributed by atoms with Crippen LogP contribution < -0.4 is 19.1 Å². The fourth-order valence-electron chi connectivity index (χ4n) is 3.20. The Bertz CT molecular complexity index is 1220. The number of nitrogens with zero attached hydrogens (tertiary/aromatic N) is 1. The van der Waals surface area contributed by atoms with Crippen LogP contribution in [0.25, 0.3) is 0 Å². The topological polar surface area (TPSA) is 84.9 Å². The molecule has 0 aliphatic rings. The molecule has 0 unspecified atom stereocenters. The van der Waals surface area contributed by atoms with Gasteiger partial charge >= 0.3 is 6.61 Å². The maximum atomic E-state index is 12.8. The summed E-state index contributed by atoms with van der Waals surface area (Å²) in [6.45, 7) is -2.69. The van der Waals surface area contributed by atoms with Gasteiger partial charge in [-0.25, -0.2) is 8.42 Å². The molecule has 0 fully saturated rings. The van der Waals surface area contributed by atoms with Crippen molar-refractivity contribution in [2.75, 3.05) is 25.0 Å². The fourth-order valence-corrected chi connectivity index (χ4v) is 4.39. The van der Waals surface area contributed by atoms with Crippen LogP contribution in [-0.2, 0) is 16.4 Å². The van der Waals surface area contributed by atoms with Crippen molar-refractivity contribution in [1.82, 2.24) is 5.32 Å². The minimum atomic E-state index is -3.77. The first kappa shape index (κ1) is 25.0. The Balaban J connectivity index is 1.60. The van der Waals surface area contributed by atoms with Gasteiger partial charge in [0, 0.05) is 19.2 Å². The molecule has 0 saturated heterocycles. The SMILES string of the molecule is COc1cc(CCNC(=O)c2ccc(S(=O)(=O)N(C)c3ccccc3)cc2)ccc1OC(F)F. The van der Waals surface area contributed by atoms with Crippen molar-refractivity contribution in [3.63, 3.8) is 0 Å². The number of carbonyl (C=O) groups is 1. The normalized spacial score (nSPS) is 11.2. The molecule has 0 aromatic heterocycles. The van der Waals surface area contributed by atoms with Gasteiger partial charge in [0.15, 0.2) is 11.5 Å². The number of amides is 1. The van der Waals surface area contributed by atoms with E-state index in [0.29, 0.717) is 17.7 Å². The number of anilines is 1. The first-order chi connectivity index (χ1) is 16.2. The van der Waals surface area contributed by atoms with Crippen molar-refractivity contribution in [3.05, 3.63) is 83.9 Å². The van der Waals surface area contributed by atoms with E-state index in [4.69, 9.17) is 4.74 Å². The zero-order chi connectivity index (χ0) is 24.7. The van der Waals surface area contributed by atoms with Gasteiger partial charge in [0.2, 0.25) is 0 Å². The Kier molecular flexibility index (Phi) is 8.06. The molecule has 0 spiro atoms. The second kappa shape index (κ2) is 11.0. The molecule has 0 aliphatic carbocycles. The monoisotopic (exact) mass is 490 g/mol. The maximum Gasteiger partial charge on any atom is 0.387 e. The summed E-state index contributed by atoms with van der Waals surface area (Å²) in [5.41, 5.74) is 1.58. The van der Waals surface area contributed by atoms with E-state index in [2.05, 4.69) is 10.1 Å². The summed E-state index contributed by atoms with van der Waals surface area (Å²) in [6, 6.07) is 18.9. The summed E-state index contributed by atoms with van der Waals surface area (Å²) in [7, 11) is -0.960. The highest BCUT2D eigenvalue weighted by Crippen LogP contribution is 2.29. The summed E-state index contributed by atoms with van der Waals surface area (Å²) in [6.07, 6.45) is 0.422. The smallest absolute Gasteiger partial charge is 0.387 e. The number of para-hydroxylation sites is 1. The molecule has 7 nitrogen and oxygen atoms in total. The van der Waals surface area contributed by atoms with Crippen molar-refractivity contribution in [2.24, 2.45) is 0 Å². The minimum Gasteiger partial charge on any atom is -0.493 e. The summed E-state index contributed by atoms with van der Waals surface area (Å²) >= 11 is 0. The van der Waals surface area contributed by atoms with E-state index >= 15 is 0 Å². The van der Waals surface area contributed by atoms with Crippen molar-refractivity contribution in [1.29, 1.82) is 0 Å². The first-order valence-corrected chi connectivity index (χ1v) is 11.7. The lowest BCUT2D eigenvalue weighted by atomic mass is 10.1. The van der Waals surface area contributed by atoms with Gasteiger partial charge in [-0.2, -0.15) is 8.78 Å². The second-order valence-electron chi connectivity index (χ2n) is 7.20. The van der Waals surface area contributed by atoms with E-state index in [1.54, 1.807) is 42.5 Å². The van der Waals surface area contributed by atoms with E-state index in [1.165, 1.54) is 48.8 Å². The molecule has 3 rings (SSSR count). The van der Waals surface area contributed by atoms with Crippen LogP contribution in [0.4, 0.5) is 14.5 Å². The number of ether oxygens (including phenoxy) is 2.